The van der Waals surface area contributed by atoms with Crippen molar-refractivity contribution in [2.45, 2.75) is 25.9 Å². The van der Waals surface area contributed by atoms with Gasteiger partial charge in [0.25, 0.3) is 5.91 Å². The first-order chi connectivity index (χ1) is 11.7. The maximum Gasteiger partial charge on any atom is 0.258 e. The Morgan fingerprint density at radius 2 is 2.04 bits per heavy atom. The van der Waals surface area contributed by atoms with Crippen molar-refractivity contribution in [2.24, 2.45) is 0 Å². The summed E-state index contributed by atoms with van der Waals surface area (Å²) in [5.41, 5.74) is 0.431. The van der Waals surface area contributed by atoms with E-state index in [-0.39, 0.29) is 18.6 Å². The second-order valence-electron chi connectivity index (χ2n) is 5.30. The van der Waals surface area contributed by atoms with Gasteiger partial charge >= 0.3 is 0 Å². The number of ether oxygens (including phenoxy) is 2. The van der Waals surface area contributed by atoms with Gasteiger partial charge in [-0.15, -0.1) is 11.3 Å². The summed E-state index contributed by atoms with van der Waals surface area (Å²) in [6.45, 7) is 2.33. The van der Waals surface area contributed by atoms with Gasteiger partial charge in [0.1, 0.15) is 0 Å². The molecule has 5 nitrogen and oxygen atoms in total. The zero-order valence-corrected chi connectivity index (χ0v) is 15.0. The first-order valence-corrected chi connectivity index (χ1v) is 8.69. The molecular formula is C18H23NO4S. The molecule has 0 unspecified atom stereocenters. The first-order valence-electron chi connectivity index (χ1n) is 7.81. The summed E-state index contributed by atoms with van der Waals surface area (Å²) in [5, 5.41) is 11.7. The van der Waals surface area contributed by atoms with E-state index in [1.807, 2.05) is 24.4 Å². The number of para-hydroxylation sites is 1. The average molecular weight is 349 g/mol. The molecule has 0 aliphatic heterocycles. The van der Waals surface area contributed by atoms with E-state index in [2.05, 4.69) is 0 Å². The van der Waals surface area contributed by atoms with Gasteiger partial charge in [-0.05, 0) is 30.0 Å². The predicted molar refractivity (Wildman–Crippen MR) is 94.9 cm³/mol. The molecule has 1 heterocycles. The monoisotopic (exact) mass is 349 g/mol. The number of amides is 1. The van der Waals surface area contributed by atoms with Crippen LogP contribution in [0.25, 0.3) is 0 Å². The number of methoxy groups -OCH3 is 2. The van der Waals surface area contributed by atoms with Crippen LogP contribution in [0.5, 0.6) is 11.5 Å². The number of nitrogens with zero attached hydrogens (tertiary/aromatic N) is 1. The summed E-state index contributed by atoms with van der Waals surface area (Å²) in [5.74, 6) is 0.741. The lowest BCUT2D eigenvalue weighted by Crippen LogP contribution is -2.41. The molecular weight excluding hydrogens is 326 g/mol. The highest BCUT2D eigenvalue weighted by Gasteiger charge is 2.27. The van der Waals surface area contributed by atoms with E-state index >= 15 is 0 Å². The maximum atomic E-state index is 13.2. The van der Waals surface area contributed by atoms with Gasteiger partial charge in [0, 0.05) is 4.88 Å². The van der Waals surface area contributed by atoms with E-state index in [0.29, 0.717) is 30.0 Å². The van der Waals surface area contributed by atoms with Crippen molar-refractivity contribution < 1.29 is 19.4 Å². The van der Waals surface area contributed by atoms with Crippen LogP contribution in [0.3, 0.4) is 0 Å². The van der Waals surface area contributed by atoms with Crippen LogP contribution in [0.4, 0.5) is 0 Å². The van der Waals surface area contributed by atoms with Crippen LogP contribution in [0.2, 0.25) is 0 Å². The Bertz CT molecular complexity index is 653. The molecule has 1 aromatic carbocycles. The molecule has 1 amide bonds. The standard InChI is InChI=1S/C18H23NO4S/c1-4-13(12-20)19(11-14-7-6-10-24-14)18(21)15-8-5-9-16(22-2)17(15)23-3/h5-10,13,20H,4,11-12H2,1-3H3/t13-/m1/s1. The van der Waals surface area contributed by atoms with Crippen molar-refractivity contribution in [3.8, 4) is 11.5 Å². The van der Waals surface area contributed by atoms with Crippen LogP contribution in [0, 0.1) is 0 Å². The topological polar surface area (TPSA) is 59.0 Å². The lowest BCUT2D eigenvalue weighted by atomic mass is 10.1. The Morgan fingerprint density at radius 3 is 2.58 bits per heavy atom. The number of rotatable bonds is 8. The number of benzene rings is 1. The lowest BCUT2D eigenvalue weighted by molar-refractivity contribution is 0.0563. The normalized spacial score (nSPS) is 11.8. The Balaban J connectivity index is 2.40. The van der Waals surface area contributed by atoms with Gasteiger partial charge in [0.05, 0.1) is 39.0 Å². The third-order valence-corrected chi connectivity index (χ3v) is 4.78. The Kier molecular flexibility index (Phi) is 6.63. The van der Waals surface area contributed by atoms with Crippen LogP contribution >= 0.6 is 11.3 Å². The molecule has 2 rings (SSSR count). The first kappa shape index (κ1) is 18.3. The number of aliphatic hydroxyl groups excluding tert-OH is 1. The highest BCUT2D eigenvalue weighted by atomic mass is 32.1. The van der Waals surface area contributed by atoms with Crippen LogP contribution in [0.1, 0.15) is 28.6 Å². The number of carbonyl (C=O) groups is 1. The molecule has 0 saturated carbocycles. The fourth-order valence-corrected chi connectivity index (χ4v) is 3.30. The predicted octanol–water partition coefficient (Wildman–Crippen LogP) is 3.18. The minimum absolute atomic E-state index is 0.0834. The van der Waals surface area contributed by atoms with Gasteiger partial charge in [-0.1, -0.05) is 19.1 Å². The molecule has 1 atom stereocenters. The van der Waals surface area contributed by atoms with Crippen molar-refractivity contribution in [3.05, 3.63) is 46.2 Å². The molecule has 1 aromatic heterocycles. The van der Waals surface area contributed by atoms with Crippen molar-refractivity contribution in [1.82, 2.24) is 4.90 Å². The van der Waals surface area contributed by atoms with Crippen LogP contribution in [-0.4, -0.2) is 42.8 Å². The summed E-state index contributed by atoms with van der Waals surface area (Å²) >= 11 is 1.59. The van der Waals surface area contributed by atoms with Gasteiger partial charge < -0.3 is 19.5 Å². The fraction of sp³-hybridized carbons (Fsp3) is 0.389. The molecule has 1 N–H and O–H groups in total. The largest absolute Gasteiger partial charge is 0.493 e. The summed E-state index contributed by atoms with van der Waals surface area (Å²) in [6, 6.07) is 8.91. The molecule has 0 bridgehead atoms. The highest BCUT2D eigenvalue weighted by Crippen LogP contribution is 2.32. The molecule has 24 heavy (non-hydrogen) atoms. The van der Waals surface area contributed by atoms with E-state index in [1.54, 1.807) is 34.4 Å². The number of carbonyl (C=O) groups excluding carboxylic acids is 1. The summed E-state index contributed by atoms with van der Waals surface area (Å²) in [6.07, 6.45) is 0.667. The van der Waals surface area contributed by atoms with E-state index < -0.39 is 0 Å². The van der Waals surface area contributed by atoms with Gasteiger partial charge in [-0.3, -0.25) is 4.79 Å². The van der Waals surface area contributed by atoms with Crippen molar-refractivity contribution in [1.29, 1.82) is 0 Å². The second kappa shape index (κ2) is 8.70. The quantitative estimate of drug-likeness (QED) is 0.795. The van der Waals surface area contributed by atoms with Crippen LogP contribution in [-0.2, 0) is 6.54 Å². The molecule has 130 valence electrons. The zero-order valence-electron chi connectivity index (χ0n) is 14.2. The van der Waals surface area contributed by atoms with Crippen molar-refractivity contribution in [2.75, 3.05) is 20.8 Å². The molecule has 0 aliphatic rings. The Morgan fingerprint density at radius 1 is 1.25 bits per heavy atom. The minimum atomic E-state index is -0.254. The molecule has 0 saturated heterocycles. The van der Waals surface area contributed by atoms with E-state index in [4.69, 9.17) is 9.47 Å². The Hall–Kier alpha value is -2.05. The number of aliphatic hydroxyl groups is 1. The molecule has 6 heteroatoms. The van der Waals surface area contributed by atoms with Crippen LogP contribution in [0.15, 0.2) is 35.7 Å². The summed E-state index contributed by atoms with van der Waals surface area (Å²) in [7, 11) is 3.06. The molecule has 0 aliphatic carbocycles. The van der Waals surface area contributed by atoms with E-state index in [0.717, 1.165) is 4.88 Å². The van der Waals surface area contributed by atoms with Gasteiger partial charge in [0.15, 0.2) is 11.5 Å². The van der Waals surface area contributed by atoms with Crippen molar-refractivity contribution in [3.63, 3.8) is 0 Å². The minimum Gasteiger partial charge on any atom is -0.493 e. The zero-order chi connectivity index (χ0) is 17.5. The van der Waals surface area contributed by atoms with Gasteiger partial charge in [-0.25, -0.2) is 0 Å². The number of thiophene rings is 1. The fourth-order valence-electron chi connectivity index (χ4n) is 2.60. The van der Waals surface area contributed by atoms with E-state index in [1.165, 1.54) is 14.2 Å². The SMILES string of the molecule is CC[C@H](CO)N(Cc1cccs1)C(=O)c1cccc(OC)c1OC. The van der Waals surface area contributed by atoms with Crippen LogP contribution < -0.4 is 9.47 Å². The molecule has 0 fully saturated rings. The lowest BCUT2D eigenvalue weighted by Gasteiger charge is -2.30. The third-order valence-electron chi connectivity index (χ3n) is 3.92. The average Bonchev–Trinajstić information content (AvgIpc) is 3.13. The molecule has 0 radical (unpaired) electrons. The second-order valence-corrected chi connectivity index (χ2v) is 6.33. The Labute approximate surface area is 146 Å². The maximum absolute atomic E-state index is 13.2. The molecule has 2 aromatic rings. The highest BCUT2D eigenvalue weighted by molar-refractivity contribution is 7.09. The van der Waals surface area contributed by atoms with Crippen molar-refractivity contribution >= 4 is 17.2 Å². The van der Waals surface area contributed by atoms with Gasteiger partial charge in [0.2, 0.25) is 0 Å². The number of hydrogen-bond acceptors (Lipinski definition) is 5. The van der Waals surface area contributed by atoms with E-state index in [9.17, 15) is 9.90 Å². The smallest absolute Gasteiger partial charge is 0.258 e. The summed E-state index contributed by atoms with van der Waals surface area (Å²) < 4.78 is 10.7. The number of hydrogen-bond donors (Lipinski definition) is 1. The third kappa shape index (κ3) is 3.88. The summed E-state index contributed by atoms with van der Waals surface area (Å²) in [4.78, 5) is 15.9. The van der Waals surface area contributed by atoms with Gasteiger partial charge in [-0.2, -0.15) is 0 Å². The molecule has 0 spiro atoms.